The fraction of sp³-hybridized carbons (Fsp3) is 1.00. The molecule has 0 saturated heterocycles. The van der Waals surface area contributed by atoms with Crippen molar-refractivity contribution in [2.24, 2.45) is 11.7 Å². The van der Waals surface area contributed by atoms with Crippen LogP contribution in [0.1, 0.15) is 12.8 Å². The lowest BCUT2D eigenvalue weighted by Gasteiger charge is -2.41. The lowest BCUT2D eigenvalue weighted by Crippen LogP contribution is -2.57. The first kappa shape index (κ1) is 13.3. The number of nitrogens with zero attached hydrogens (tertiary/aromatic N) is 1. The van der Waals surface area contributed by atoms with Crippen molar-refractivity contribution in [3.05, 3.63) is 0 Å². The fourth-order valence-corrected chi connectivity index (χ4v) is 2.70. The molecule has 0 radical (unpaired) electrons. The number of rotatable bonds is 8. The Balaban J connectivity index is 2.59. The minimum Gasteiger partial charge on any atom is -0.383 e. The molecule has 0 aliphatic heterocycles. The number of methoxy groups -OCH3 is 1. The molecule has 4 heteroatoms. The second-order valence-corrected chi connectivity index (χ2v) is 5.41. The van der Waals surface area contributed by atoms with Crippen LogP contribution in [-0.4, -0.2) is 56.3 Å². The quantitative estimate of drug-likeness (QED) is 0.678. The van der Waals surface area contributed by atoms with Crippen LogP contribution in [0.2, 0.25) is 0 Å². The van der Waals surface area contributed by atoms with Gasteiger partial charge in [0.25, 0.3) is 0 Å². The Morgan fingerprint density at radius 1 is 1.53 bits per heavy atom. The first-order valence-corrected chi connectivity index (χ1v) is 7.00. The highest BCUT2D eigenvalue weighted by molar-refractivity contribution is 7.98. The molecule has 1 aliphatic rings. The molecule has 1 unspecified atom stereocenters. The van der Waals surface area contributed by atoms with Gasteiger partial charge < -0.3 is 10.5 Å². The SMILES string of the molecule is COCC(CN)(C1CC1)N(C)CCSC. The largest absolute Gasteiger partial charge is 0.383 e. The average Bonchev–Trinajstić information content (AvgIpc) is 3.06. The molecule has 15 heavy (non-hydrogen) atoms. The molecule has 0 bridgehead atoms. The molecule has 0 amide bonds. The minimum absolute atomic E-state index is 0.0878. The van der Waals surface area contributed by atoms with Crippen molar-refractivity contribution in [3.8, 4) is 0 Å². The van der Waals surface area contributed by atoms with Crippen LogP contribution in [0.3, 0.4) is 0 Å². The highest BCUT2D eigenvalue weighted by Gasteiger charge is 2.46. The van der Waals surface area contributed by atoms with Gasteiger partial charge in [-0.05, 0) is 32.1 Å². The molecular formula is C11H24N2OS. The van der Waals surface area contributed by atoms with E-state index in [0.29, 0.717) is 6.54 Å². The number of thioether (sulfide) groups is 1. The highest BCUT2D eigenvalue weighted by Crippen LogP contribution is 2.42. The molecule has 2 N–H and O–H groups in total. The predicted octanol–water partition coefficient (Wildman–Crippen LogP) is 1.04. The summed E-state index contributed by atoms with van der Waals surface area (Å²) < 4.78 is 5.37. The van der Waals surface area contributed by atoms with Gasteiger partial charge in [0.15, 0.2) is 0 Å². The van der Waals surface area contributed by atoms with Crippen LogP contribution >= 0.6 is 11.8 Å². The molecule has 90 valence electrons. The Labute approximate surface area is 97.7 Å². The molecule has 1 fully saturated rings. The summed E-state index contributed by atoms with van der Waals surface area (Å²) in [6.45, 7) is 2.56. The van der Waals surface area contributed by atoms with Crippen LogP contribution < -0.4 is 5.73 Å². The van der Waals surface area contributed by atoms with E-state index in [-0.39, 0.29) is 5.54 Å². The number of likely N-dealkylation sites (N-methyl/N-ethyl adjacent to an activating group) is 1. The van der Waals surface area contributed by atoms with Crippen LogP contribution in [0.25, 0.3) is 0 Å². The van der Waals surface area contributed by atoms with Crippen molar-refractivity contribution < 1.29 is 4.74 Å². The number of hydrogen-bond donors (Lipinski definition) is 1. The Hall–Kier alpha value is 0.230. The normalized spacial score (nSPS) is 20.6. The van der Waals surface area contributed by atoms with Crippen LogP contribution in [-0.2, 0) is 4.74 Å². The van der Waals surface area contributed by atoms with E-state index in [4.69, 9.17) is 10.5 Å². The summed E-state index contributed by atoms with van der Waals surface area (Å²) in [5, 5.41) is 0. The zero-order chi connectivity index (χ0) is 11.3. The molecular weight excluding hydrogens is 208 g/mol. The fourth-order valence-electron chi connectivity index (χ4n) is 2.24. The third-order valence-corrected chi connectivity index (χ3v) is 4.07. The van der Waals surface area contributed by atoms with Crippen molar-refractivity contribution in [2.45, 2.75) is 18.4 Å². The van der Waals surface area contributed by atoms with E-state index in [1.54, 1.807) is 7.11 Å². The zero-order valence-corrected chi connectivity index (χ0v) is 11.0. The van der Waals surface area contributed by atoms with Gasteiger partial charge in [-0.2, -0.15) is 11.8 Å². The van der Waals surface area contributed by atoms with Gasteiger partial charge in [0.05, 0.1) is 12.1 Å². The van der Waals surface area contributed by atoms with E-state index in [9.17, 15) is 0 Å². The molecule has 1 rings (SSSR count). The third-order valence-electron chi connectivity index (χ3n) is 3.48. The molecule has 3 nitrogen and oxygen atoms in total. The Kier molecular flexibility index (Phi) is 5.39. The topological polar surface area (TPSA) is 38.5 Å². The van der Waals surface area contributed by atoms with E-state index in [1.165, 1.54) is 12.8 Å². The summed E-state index contributed by atoms with van der Waals surface area (Å²) in [5.74, 6) is 1.91. The van der Waals surface area contributed by atoms with Crippen molar-refractivity contribution in [1.82, 2.24) is 4.90 Å². The maximum atomic E-state index is 5.98. The van der Waals surface area contributed by atoms with Gasteiger partial charge in [0, 0.05) is 26.0 Å². The first-order chi connectivity index (χ1) is 7.21. The third kappa shape index (κ3) is 3.09. The zero-order valence-electron chi connectivity index (χ0n) is 10.2. The monoisotopic (exact) mass is 232 g/mol. The first-order valence-electron chi connectivity index (χ1n) is 5.60. The van der Waals surface area contributed by atoms with Crippen LogP contribution in [0.4, 0.5) is 0 Å². The summed E-state index contributed by atoms with van der Waals surface area (Å²) in [6.07, 6.45) is 4.76. The Morgan fingerprint density at radius 3 is 2.60 bits per heavy atom. The smallest absolute Gasteiger partial charge is 0.0661 e. The van der Waals surface area contributed by atoms with Gasteiger partial charge in [0.1, 0.15) is 0 Å². The maximum absolute atomic E-state index is 5.98. The van der Waals surface area contributed by atoms with E-state index in [2.05, 4.69) is 18.2 Å². The van der Waals surface area contributed by atoms with Gasteiger partial charge >= 0.3 is 0 Å². The lowest BCUT2D eigenvalue weighted by atomic mass is 9.92. The van der Waals surface area contributed by atoms with E-state index in [0.717, 1.165) is 24.8 Å². The summed E-state index contributed by atoms with van der Waals surface area (Å²) >= 11 is 1.88. The summed E-state index contributed by atoms with van der Waals surface area (Å²) in [5.41, 5.74) is 6.07. The van der Waals surface area contributed by atoms with E-state index < -0.39 is 0 Å². The van der Waals surface area contributed by atoms with E-state index >= 15 is 0 Å². The maximum Gasteiger partial charge on any atom is 0.0661 e. The predicted molar refractivity (Wildman–Crippen MR) is 67.4 cm³/mol. The standard InChI is InChI=1S/C11H24N2OS/c1-13(6-7-15-3)11(8-12,9-14-2)10-4-5-10/h10H,4-9,12H2,1-3H3. The van der Waals surface area contributed by atoms with E-state index in [1.807, 2.05) is 11.8 Å². The van der Waals surface area contributed by atoms with Crippen molar-refractivity contribution in [2.75, 3.05) is 45.9 Å². The highest BCUT2D eigenvalue weighted by atomic mass is 32.2. The van der Waals surface area contributed by atoms with Crippen LogP contribution in [0.5, 0.6) is 0 Å². The molecule has 1 atom stereocenters. The van der Waals surface area contributed by atoms with Crippen molar-refractivity contribution >= 4 is 11.8 Å². The van der Waals surface area contributed by atoms with Crippen molar-refractivity contribution in [1.29, 1.82) is 0 Å². The molecule has 1 aliphatic carbocycles. The second-order valence-electron chi connectivity index (χ2n) is 4.43. The van der Waals surface area contributed by atoms with Gasteiger partial charge in [0.2, 0.25) is 0 Å². The molecule has 0 heterocycles. The summed E-state index contributed by atoms with van der Waals surface area (Å²) in [7, 11) is 3.95. The average molecular weight is 232 g/mol. The number of hydrogen-bond acceptors (Lipinski definition) is 4. The molecule has 0 aromatic rings. The van der Waals surface area contributed by atoms with Gasteiger partial charge in [-0.3, -0.25) is 4.90 Å². The van der Waals surface area contributed by atoms with Gasteiger partial charge in [-0.1, -0.05) is 0 Å². The molecule has 1 saturated carbocycles. The second kappa shape index (κ2) is 6.09. The molecule has 0 aromatic heterocycles. The number of ether oxygens (including phenoxy) is 1. The molecule has 0 aromatic carbocycles. The molecule has 0 spiro atoms. The minimum atomic E-state index is 0.0878. The lowest BCUT2D eigenvalue weighted by molar-refractivity contribution is 0.0187. The number of nitrogens with two attached hydrogens (primary N) is 1. The van der Waals surface area contributed by atoms with Gasteiger partial charge in [-0.25, -0.2) is 0 Å². The van der Waals surface area contributed by atoms with Crippen molar-refractivity contribution in [3.63, 3.8) is 0 Å². The summed E-state index contributed by atoms with van der Waals surface area (Å²) in [4.78, 5) is 2.41. The summed E-state index contributed by atoms with van der Waals surface area (Å²) in [6, 6.07) is 0. The Bertz CT molecular complexity index is 187. The van der Waals surface area contributed by atoms with Crippen LogP contribution in [0, 0.1) is 5.92 Å². The Morgan fingerprint density at radius 2 is 2.20 bits per heavy atom. The van der Waals surface area contributed by atoms with Crippen LogP contribution in [0.15, 0.2) is 0 Å². The van der Waals surface area contributed by atoms with Gasteiger partial charge in [-0.15, -0.1) is 0 Å².